The molecule has 0 aliphatic heterocycles. The molecule has 8 nitrogen and oxygen atoms in total. The third-order valence-electron chi connectivity index (χ3n) is 6.02. The van der Waals surface area contributed by atoms with E-state index in [9.17, 15) is 19.6 Å². The molecule has 1 aliphatic carbocycles. The minimum absolute atomic E-state index is 0.142. The van der Waals surface area contributed by atoms with Crippen LogP contribution in [0.25, 0.3) is 10.9 Å². The number of hydrogen-bond acceptors (Lipinski definition) is 5. The minimum atomic E-state index is -0.862. The van der Waals surface area contributed by atoms with E-state index in [0.29, 0.717) is 40.9 Å². The van der Waals surface area contributed by atoms with Crippen molar-refractivity contribution in [2.75, 3.05) is 7.11 Å². The third kappa shape index (κ3) is 6.09. The number of nitrogens with zero attached hydrogens (tertiary/aromatic N) is 1. The number of aromatic nitrogens is 1. The van der Waals surface area contributed by atoms with Crippen LogP contribution in [0.5, 0.6) is 5.75 Å². The van der Waals surface area contributed by atoms with Crippen LogP contribution in [-0.2, 0) is 9.59 Å². The van der Waals surface area contributed by atoms with Gasteiger partial charge in [-0.3, -0.25) is 14.4 Å². The number of aromatic amines is 1. The number of Topliss-reactive ketones (excluding diaryl/α,β-unsaturated/α-hetero) is 1. The van der Waals surface area contributed by atoms with Gasteiger partial charge < -0.3 is 20.4 Å². The summed E-state index contributed by atoms with van der Waals surface area (Å²) in [6.45, 7) is 5.90. The summed E-state index contributed by atoms with van der Waals surface area (Å²) in [7, 11) is 1.50. The van der Waals surface area contributed by atoms with Crippen LogP contribution in [-0.4, -0.2) is 41.8 Å². The van der Waals surface area contributed by atoms with Gasteiger partial charge in [-0.1, -0.05) is 32.4 Å². The molecule has 3 unspecified atom stereocenters. The number of halogens is 1. The highest BCUT2D eigenvalue weighted by Gasteiger charge is 2.32. The zero-order chi connectivity index (χ0) is 25.0. The number of ketones is 1. The number of methoxy groups -OCH3 is 1. The molecule has 1 aromatic carbocycles. The van der Waals surface area contributed by atoms with Gasteiger partial charge in [0.25, 0.3) is 5.91 Å². The molecule has 0 saturated heterocycles. The van der Waals surface area contributed by atoms with Crippen LogP contribution in [0.3, 0.4) is 0 Å². The smallest absolute Gasteiger partial charge is 0.268 e. The van der Waals surface area contributed by atoms with E-state index in [1.807, 2.05) is 20.8 Å². The molecule has 1 heterocycles. The highest BCUT2D eigenvalue weighted by atomic mass is 35.5. The number of fused-ring (bicyclic) bond motifs is 1. The Labute approximate surface area is 204 Å². The van der Waals surface area contributed by atoms with E-state index < -0.39 is 23.9 Å². The van der Waals surface area contributed by atoms with Crippen molar-refractivity contribution in [2.45, 2.75) is 65.0 Å². The fourth-order valence-electron chi connectivity index (χ4n) is 4.38. The molecule has 34 heavy (non-hydrogen) atoms. The summed E-state index contributed by atoms with van der Waals surface area (Å²) >= 11 is 6.18. The van der Waals surface area contributed by atoms with E-state index >= 15 is 0 Å². The van der Waals surface area contributed by atoms with Gasteiger partial charge in [0.2, 0.25) is 5.91 Å². The lowest BCUT2D eigenvalue weighted by molar-refractivity contribution is -0.125. The molecule has 182 valence electrons. The normalized spacial score (nSPS) is 17.8. The Bertz CT molecular complexity index is 1130. The van der Waals surface area contributed by atoms with Crippen molar-refractivity contribution in [1.82, 2.24) is 15.6 Å². The molecule has 0 bridgehead atoms. The fraction of sp³-hybridized carbons (Fsp3) is 0.520. The first kappa shape index (κ1) is 25.6. The Balaban J connectivity index is 1.77. The molecule has 3 N–H and O–H groups in total. The molecule has 2 amide bonds. The molecular formula is C25H31ClN4O4. The maximum absolute atomic E-state index is 13.1. The summed E-state index contributed by atoms with van der Waals surface area (Å²) in [6.07, 6.45) is 2.74. The molecule has 0 radical (unpaired) electrons. The second kappa shape index (κ2) is 10.5. The Hall–Kier alpha value is -3.05. The molecule has 2 aromatic rings. The van der Waals surface area contributed by atoms with Crippen molar-refractivity contribution in [3.05, 3.63) is 28.9 Å². The predicted octanol–water partition coefficient (Wildman–Crippen LogP) is 4.13. The van der Waals surface area contributed by atoms with Gasteiger partial charge in [-0.2, -0.15) is 5.26 Å². The predicted molar refractivity (Wildman–Crippen MR) is 130 cm³/mol. The molecule has 1 aliphatic rings. The third-order valence-corrected chi connectivity index (χ3v) is 6.31. The molecule has 3 atom stereocenters. The van der Waals surface area contributed by atoms with Crippen LogP contribution in [0, 0.1) is 22.7 Å². The number of ether oxygens (including phenoxy) is 1. The van der Waals surface area contributed by atoms with Crippen LogP contribution < -0.4 is 15.4 Å². The molecule has 9 heteroatoms. The van der Waals surface area contributed by atoms with Gasteiger partial charge in [0, 0.05) is 23.2 Å². The van der Waals surface area contributed by atoms with E-state index in [4.69, 9.17) is 16.3 Å². The Morgan fingerprint density at radius 1 is 1.32 bits per heavy atom. The molecule has 0 spiro atoms. The Kier molecular flexibility index (Phi) is 7.88. The summed E-state index contributed by atoms with van der Waals surface area (Å²) in [6, 6.07) is 5.49. The van der Waals surface area contributed by atoms with Crippen LogP contribution in [0.1, 0.15) is 63.4 Å². The zero-order valence-corrected chi connectivity index (χ0v) is 20.7. The van der Waals surface area contributed by atoms with Crippen molar-refractivity contribution in [2.24, 2.45) is 11.3 Å². The SMILES string of the molecule is COc1c(Cl)ccc2[nH]c(C(=O)NC(CC(C)(C)C)C(=O)NC(C#N)CC3CCCC3=O)cc12. The number of rotatable bonds is 8. The lowest BCUT2D eigenvalue weighted by atomic mass is 9.87. The first-order valence-corrected chi connectivity index (χ1v) is 11.8. The Morgan fingerprint density at radius 2 is 2.06 bits per heavy atom. The highest BCUT2D eigenvalue weighted by molar-refractivity contribution is 6.33. The van der Waals surface area contributed by atoms with Crippen molar-refractivity contribution in [3.8, 4) is 11.8 Å². The molecule has 3 rings (SSSR count). The second-order valence-electron chi connectivity index (χ2n) is 10.00. The summed E-state index contributed by atoms with van der Waals surface area (Å²) in [4.78, 5) is 41.2. The topological polar surface area (TPSA) is 124 Å². The van der Waals surface area contributed by atoms with Gasteiger partial charge in [0.15, 0.2) is 0 Å². The molecular weight excluding hydrogens is 456 g/mol. The fourth-order valence-corrected chi connectivity index (χ4v) is 4.62. The Morgan fingerprint density at radius 3 is 2.65 bits per heavy atom. The average Bonchev–Trinajstić information content (AvgIpc) is 3.37. The lowest BCUT2D eigenvalue weighted by Crippen LogP contribution is -2.51. The van der Waals surface area contributed by atoms with E-state index in [1.54, 1.807) is 18.2 Å². The standard InChI is InChI=1S/C25H31ClN4O4/c1-25(2,3)12-20(24(33)28-15(13-27)10-14-6-5-7-21(14)31)30-23(32)19-11-16-18(29-19)9-8-17(26)22(16)34-4/h8-9,11,14-15,20,29H,5-7,10,12H2,1-4H3,(H,28,33)(H,30,32). The average molecular weight is 487 g/mol. The molecule has 1 fully saturated rings. The second-order valence-corrected chi connectivity index (χ2v) is 10.4. The maximum Gasteiger partial charge on any atom is 0.268 e. The number of nitrogens with one attached hydrogen (secondary N) is 3. The number of amides is 2. The van der Waals surface area contributed by atoms with Crippen molar-refractivity contribution in [1.29, 1.82) is 5.26 Å². The molecule has 1 saturated carbocycles. The summed E-state index contributed by atoms with van der Waals surface area (Å²) in [5.41, 5.74) is 0.667. The van der Waals surface area contributed by atoms with Gasteiger partial charge in [-0.25, -0.2) is 0 Å². The highest BCUT2D eigenvalue weighted by Crippen LogP contribution is 2.33. The van der Waals surface area contributed by atoms with Crippen LogP contribution in [0.2, 0.25) is 5.02 Å². The summed E-state index contributed by atoms with van der Waals surface area (Å²) < 4.78 is 5.35. The summed E-state index contributed by atoms with van der Waals surface area (Å²) in [5, 5.41) is 16.2. The number of carbonyl (C=O) groups excluding carboxylic acids is 3. The van der Waals surface area contributed by atoms with Crippen LogP contribution in [0.15, 0.2) is 18.2 Å². The van der Waals surface area contributed by atoms with Gasteiger partial charge >= 0.3 is 0 Å². The lowest BCUT2D eigenvalue weighted by Gasteiger charge is -2.27. The number of carbonyl (C=O) groups is 3. The number of benzene rings is 1. The van der Waals surface area contributed by atoms with Crippen LogP contribution in [0.4, 0.5) is 0 Å². The van der Waals surface area contributed by atoms with Crippen LogP contribution >= 0.6 is 11.6 Å². The first-order valence-electron chi connectivity index (χ1n) is 11.4. The quantitative estimate of drug-likeness (QED) is 0.517. The zero-order valence-electron chi connectivity index (χ0n) is 20.0. The van der Waals surface area contributed by atoms with E-state index in [2.05, 4.69) is 21.7 Å². The number of nitriles is 1. The number of hydrogen-bond donors (Lipinski definition) is 3. The van der Waals surface area contributed by atoms with E-state index in [0.717, 1.165) is 12.8 Å². The number of H-pyrrole nitrogens is 1. The summed E-state index contributed by atoms with van der Waals surface area (Å²) in [5.74, 6) is -0.510. The van der Waals surface area contributed by atoms with Crippen molar-refractivity contribution < 1.29 is 19.1 Å². The van der Waals surface area contributed by atoms with Gasteiger partial charge in [0.05, 0.1) is 18.2 Å². The van der Waals surface area contributed by atoms with Crippen molar-refractivity contribution >= 4 is 40.1 Å². The molecule has 1 aromatic heterocycles. The van der Waals surface area contributed by atoms with Gasteiger partial charge in [-0.15, -0.1) is 0 Å². The monoisotopic (exact) mass is 486 g/mol. The first-order chi connectivity index (χ1) is 16.0. The van der Waals surface area contributed by atoms with Gasteiger partial charge in [-0.05, 0) is 49.3 Å². The minimum Gasteiger partial charge on any atom is -0.494 e. The van der Waals surface area contributed by atoms with Gasteiger partial charge in [0.1, 0.15) is 29.3 Å². The largest absolute Gasteiger partial charge is 0.494 e. The van der Waals surface area contributed by atoms with Crippen molar-refractivity contribution in [3.63, 3.8) is 0 Å². The van der Waals surface area contributed by atoms with E-state index in [1.165, 1.54) is 7.11 Å². The maximum atomic E-state index is 13.1. The van der Waals surface area contributed by atoms with E-state index in [-0.39, 0.29) is 22.8 Å².